The fourth-order valence-corrected chi connectivity index (χ4v) is 4.83. The van der Waals surface area contributed by atoms with Gasteiger partial charge < -0.3 is 9.64 Å². The summed E-state index contributed by atoms with van der Waals surface area (Å²) in [7, 11) is -1.96. The van der Waals surface area contributed by atoms with Gasteiger partial charge in [-0.1, -0.05) is 45.0 Å². The molecule has 1 aliphatic rings. The van der Waals surface area contributed by atoms with Crippen LogP contribution in [-0.2, 0) is 20.2 Å². The minimum Gasteiger partial charge on any atom is -0.497 e. The fourth-order valence-electron chi connectivity index (χ4n) is 3.41. The molecule has 3 rings (SSSR count). The number of rotatable bonds is 5. The summed E-state index contributed by atoms with van der Waals surface area (Å²) >= 11 is 0. The number of amides is 1. The highest BCUT2D eigenvalue weighted by atomic mass is 32.2. The first-order valence-electron chi connectivity index (χ1n) is 10.3. The van der Waals surface area contributed by atoms with Crippen molar-refractivity contribution in [2.75, 3.05) is 33.3 Å². The van der Waals surface area contributed by atoms with Crippen molar-refractivity contribution >= 4 is 22.0 Å². The third-order valence-corrected chi connectivity index (χ3v) is 7.36. The molecule has 2 aromatic carbocycles. The standard InChI is InChI=1S/C24H30N2O4S/c1-24(2,3)20-8-12-22(13-9-20)31(28,29)26-17-15-25(16-18-26)23(27)14-7-19-5-10-21(30-4)11-6-19/h5-14H,15-18H2,1-4H3. The van der Waals surface area contributed by atoms with Crippen molar-refractivity contribution in [3.63, 3.8) is 0 Å². The number of ether oxygens (including phenoxy) is 1. The molecule has 7 heteroatoms. The number of benzene rings is 2. The summed E-state index contributed by atoms with van der Waals surface area (Å²) in [5.74, 6) is 0.635. The van der Waals surface area contributed by atoms with Crippen molar-refractivity contribution in [2.24, 2.45) is 0 Å². The van der Waals surface area contributed by atoms with E-state index in [9.17, 15) is 13.2 Å². The smallest absolute Gasteiger partial charge is 0.246 e. The lowest BCUT2D eigenvalue weighted by atomic mass is 9.87. The second-order valence-corrected chi connectivity index (χ2v) is 10.5. The Hall–Kier alpha value is -2.64. The zero-order valence-corrected chi connectivity index (χ0v) is 19.4. The third kappa shape index (κ3) is 5.54. The highest BCUT2D eigenvalue weighted by molar-refractivity contribution is 7.89. The van der Waals surface area contributed by atoms with E-state index in [1.807, 2.05) is 36.4 Å². The van der Waals surface area contributed by atoms with Crippen LogP contribution >= 0.6 is 0 Å². The van der Waals surface area contributed by atoms with Crippen LogP contribution in [0.15, 0.2) is 59.5 Å². The van der Waals surface area contributed by atoms with Gasteiger partial charge in [-0.25, -0.2) is 8.42 Å². The van der Waals surface area contributed by atoms with Crippen LogP contribution in [0.3, 0.4) is 0 Å². The molecule has 0 saturated carbocycles. The molecule has 0 bridgehead atoms. The van der Waals surface area contributed by atoms with Crippen molar-refractivity contribution in [1.29, 1.82) is 0 Å². The molecule has 0 N–H and O–H groups in total. The highest BCUT2D eigenvalue weighted by Crippen LogP contribution is 2.25. The summed E-state index contributed by atoms with van der Waals surface area (Å²) in [4.78, 5) is 14.5. The van der Waals surface area contributed by atoms with Crippen molar-refractivity contribution in [3.8, 4) is 5.75 Å². The fraction of sp³-hybridized carbons (Fsp3) is 0.375. The first-order chi connectivity index (χ1) is 14.6. The summed E-state index contributed by atoms with van der Waals surface area (Å²) in [6.07, 6.45) is 3.28. The molecule has 6 nitrogen and oxygen atoms in total. The molecule has 1 fully saturated rings. The molecule has 1 amide bonds. The minimum absolute atomic E-state index is 0.0341. The zero-order valence-electron chi connectivity index (χ0n) is 18.5. The summed E-state index contributed by atoms with van der Waals surface area (Å²) in [5, 5.41) is 0. The van der Waals surface area contributed by atoms with E-state index in [1.54, 1.807) is 30.2 Å². The van der Waals surface area contributed by atoms with Gasteiger partial charge in [0.15, 0.2) is 0 Å². The number of sulfonamides is 1. The summed E-state index contributed by atoms with van der Waals surface area (Å²) in [6.45, 7) is 7.58. The lowest BCUT2D eigenvalue weighted by Crippen LogP contribution is -2.50. The van der Waals surface area contributed by atoms with E-state index < -0.39 is 10.0 Å². The molecule has 0 radical (unpaired) electrons. The molecule has 31 heavy (non-hydrogen) atoms. The Balaban J connectivity index is 1.60. The summed E-state index contributed by atoms with van der Waals surface area (Å²) < 4.78 is 32.6. The number of carbonyl (C=O) groups excluding carboxylic acids is 1. The van der Waals surface area contributed by atoms with Crippen molar-refractivity contribution in [1.82, 2.24) is 9.21 Å². The van der Waals surface area contributed by atoms with Crippen LogP contribution in [0, 0.1) is 0 Å². The van der Waals surface area contributed by atoms with E-state index in [0.717, 1.165) is 16.9 Å². The number of nitrogens with zero attached hydrogens (tertiary/aromatic N) is 2. The van der Waals surface area contributed by atoms with Gasteiger partial charge in [0, 0.05) is 32.3 Å². The van der Waals surface area contributed by atoms with Crippen LogP contribution in [0.1, 0.15) is 31.9 Å². The second kappa shape index (κ2) is 9.24. The van der Waals surface area contributed by atoms with Gasteiger partial charge in [0.1, 0.15) is 5.75 Å². The van der Waals surface area contributed by atoms with E-state index >= 15 is 0 Å². The zero-order chi connectivity index (χ0) is 22.6. The van der Waals surface area contributed by atoms with E-state index in [1.165, 1.54) is 10.4 Å². The maximum absolute atomic E-state index is 13.0. The molecule has 0 unspecified atom stereocenters. The Morgan fingerprint density at radius 3 is 2.03 bits per heavy atom. The van der Waals surface area contributed by atoms with Crippen LogP contribution in [0.4, 0.5) is 0 Å². The Morgan fingerprint density at radius 2 is 1.52 bits per heavy atom. The van der Waals surface area contributed by atoms with Gasteiger partial charge in [0.2, 0.25) is 15.9 Å². The van der Waals surface area contributed by atoms with Crippen molar-refractivity contribution in [2.45, 2.75) is 31.1 Å². The molecule has 0 aliphatic carbocycles. The lowest BCUT2D eigenvalue weighted by Gasteiger charge is -2.33. The van der Waals surface area contributed by atoms with Gasteiger partial charge in [0.05, 0.1) is 12.0 Å². The van der Waals surface area contributed by atoms with E-state index in [0.29, 0.717) is 18.0 Å². The average Bonchev–Trinajstić information content (AvgIpc) is 2.77. The topological polar surface area (TPSA) is 66.9 Å². The number of piperazine rings is 1. The Morgan fingerprint density at radius 1 is 0.935 bits per heavy atom. The van der Waals surface area contributed by atoms with Crippen molar-refractivity contribution < 1.29 is 17.9 Å². The third-order valence-electron chi connectivity index (χ3n) is 5.44. The lowest BCUT2D eigenvalue weighted by molar-refractivity contribution is -0.127. The number of methoxy groups -OCH3 is 1. The van der Waals surface area contributed by atoms with Crippen LogP contribution < -0.4 is 4.74 Å². The molecule has 0 atom stereocenters. The molecular weight excluding hydrogens is 412 g/mol. The molecule has 2 aromatic rings. The minimum atomic E-state index is -3.57. The number of hydrogen-bond donors (Lipinski definition) is 0. The van der Waals surface area contributed by atoms with Crippen LogP contribution in [-0.4, -0.2) is 56.8 Å². The van der Waals surface area contributed by atoms with Crippen LogP contribution in [0.25, 0.3) is 6.08 Å². The van der Waals surface area contributed by atoms with Crippen LogP contribution in [0.2, 0.25) is 0 Å². The maximum Gasteiger partial charge on any atom is 0.246 e. The quantitative estimate of drug-likeness (QED) is 0.665. The first kappa shape index (κ1) is 23.0. The molecule has 1 saturated heterocycles. The predicted octanol–water partition coefficient (Wildman–Crippen LogP) is 3.54. The van der Waals surface area contributed by atoms with Crippen LogP contribution in [0.5, 0.6) is 5.75 Å². The molecule has 1 heterocycles. The number of hydrogen-bond acceptors (Lipinski definition) is 4. The highest BCUT2D eigenvalue weighted by Gasteiger charge is 2.29. The van der Waals surface area contributed by atoms with Gasteiger partial charge in [-0.15, -0.1) is 0 Å². The van der Waals surface area contributed by atoms with Gasteiger partial charge >= 0.3 is 0 Å². The largest absolute Gasteiger partial charge is 0.497 e. The SMILES string of the molecule is COc1ccc(C=CC(=O)N2CCN(S(=O)(=O)c3ccc(C(C)(C)C)cc3)CC2)cc1. The Labute approximate surface area is 185 Å². The molecule has 166 valence electrons. The maximum atomic E-state index is 13.0. The van der Waals surface area contributed by atoms with Crippen molar-refractivity contribution in [3.05, 3.63) is 65.7 Å². The molecular formula is C24H30N2O4S. The second-order valence-electron chi connectivity index (χ2n) is 8.61. The Kier molecular flexibility index (Phi) is 6.86. The monoisotopic (exact) mass is 442 g/mol. The molecule has 1 aliphatic heterocycles. The summed E-state index contributed by atoms with van der Waals surface area (Å²) in [6, 6.07) is 14.5. The number of carbonyl (C=O) groups is 1. The van der Waals surface area contributed by atoms with E-state index in [2.05, 4.69) is 20.8 Å². The molecule has 0 spiro atoms. The van der Waals surface area contributed by atoms with Gasteiger partial charge in [0.25, 0.3) is 0 Å². The van der Waals surface area contributed by atoms with E-state index in [-0.39, 0.29) is 24.4 Å². The Bertz CT molecular complexity index is 1030. The van der Waals surface area contributed by atoms with Gasteiger partial charge in [-0.2, -0.15) is 4.31 Å². The van der Waals surface area contributed by atoms with Gasteiger partial charge in [-0.3, -0.25) is 4.79 Å². The summed E-state index contributed by atoms with van der Waals surface area (Å²) in [5.41, 5.74) is 1.95. The van der Waals surface area contributed by atoms with E-state index in [4.69, 9.17) is 4.74 Å². The average molecular weight is 443 g/mol. The normalized spacial score (nSPS) is 15.9. The molecule has 0 aromatic heterocycles. The van der Waals surface area contributed by atoms with Gasteiger partial charge in [-0.05, 0) is 46.9 Å². The predicted molar refractivity (Wildman–Crippen MR) is 123 cm³/mol. The first-order valence-corrected chi connectivity index (χ1v) is 11.8.